The van der Waals surface area contributed by atoms with Crippen molar-refractivity contribution in [1.82, 2.24) is 0 Å². The summed E-state index contributed by atoms with van der Waals surface area (Å²) in [5, 5.41) is 3.87. The van der Waals surface area contributed by atoms with Gasteiger partial charge in [-0.05, 0) is 48.7 Å². The number of carbonyl (C=O) groups excluding carboxylic acids is 1. The van der Waals surface area contributed by atoms with Gasteiger partial charge >= 0.3 is 0 Å². The Balaban J connectivity index is 2.07. The van der Waals surface area contributed by atoms with Gasteiger partial charge in [-0.15, -0.1) is 0 Å². The van der Waals surface area contributed by atoms with E-state index in [4.69, 9.17) is 26.8 Å². The van der Waals surface area contributed by atoms with Gasteiger partial charge in [0.25, 0.3) is 0 Å². The molecular formula is C20H25ClN2O3. The summed E-state index contributed by atoms with van der Waals surface area (Å²) < 4.78 is 11.4. The van der Waals surface area contributed by atoms with Crippen molar-refractivity contribution < 1.29 is 14.3 Å². The Morgan fingerprint density at radius 2 is 1.85 bits per heavy atom. The van der Waals surface area contributed by atoms with Gasteiger partial charge in [0.05, 0.1) is 24.7 Å². The molecule has 2 aromatic carbocycles. The number of rotatable bonds is 10. The van der Waals surface area contributed by atoms with Gasteiger partial charge in [0.2, 0.25) is 5.91 Å². The summed E-state index contributed by atoms with van der Waals surface area (Å²) in [5.74, 6) is 0.908. The molecule has 140 valence electrons. The van der Waals surface area contributed by atoms with Crippen LogP contribution in [0.25, 0.3) is 0 Å². The highest BCUT2D eigenvalue weighted by Gasteiger charge is 2.12. The highest BCUT2D eigenvalue weighted by Crippen LogP contribution is 2.37. The average Bonchev–Trinajstić information content (AvgIpc) is 2.60. The maximum atomic E-state index is 10.9. The quantitative estimate of drug-likeness (QED) is 0.652. The Morgan fingerprint density at radius 3 is 2.46 bits per heavy atom. The fourth-order valence-electron chi connectivity index (χ4n) is 2.48. The number of amides is 1. The Hall–Kier alpha value is -2.40. The molecule has 6 heteroatoms. The highest BCUT2D eigenvalue weighted by atomic mass is 35.5. The summed E-state index contributed by atoms with van der Waals surface area (Å²) in [4.78, 5) is 10.9. The lowest BCUT2D eigenvalue weighted by Gasteiger charge is -2.15. The van der Waals surface area contributed by atoms with Gasteiger partial charge in [0, 0.05) is 12.2 Å². The zero-order chi connectivity index (χ0) is 18.9. The Kier molecular flexibility index (Phi) is 7.60. The Bertz CT molecular complexity index is 733. The number of anilines is 1. The molecule has 0 unspecified atom stereocenters. The van der Waals surface area contributed by atoms with Gasteiger partial charge < -0.3 is 20.5 Å². The van der Waals surface area contributed by atoms with Crippen LogP contribution in [0.2, 0.25) is 5.02 Å². The minimum Gasteiger partial charge on any atom is -0.490 e. The third-order valence-corrected chi connectivity index (χ3v) is 3.93. The van der Waals surface area contributed by atoms with E-state index in [9.17, 15) is 4.79 Å². The fourth-order valence-corrected chi connectivity index (χ4v) is 2.76. The number of hydrogen-bond acceptors (Lipinski definition) is 4. The van der Waals surface area contributed by atoms with Crippen LogP contribution in [0.15, 0.2) is 36.4 Å². The van der Waals surface area contributed by atoms with E-state index in [2.05, 4.69) is 5.32 Å². The smallest absolute Gasteiger partial charge is 0.221 e. The van der Waals surface area contributed by atoms with Gasteiger partial charge in [-0.1, -0.05) is 30.7 Å². The van der Waals surface area contributed by atoms with Crippen molar-refractivity contribution in [2.24, 2.45) is 5.73 Å². The molecule has 0 aliphatic rings. The van der Waals surface area contributed by atoms with Crippen LogP contribution in [0.4, 0.5) is 5.69 Å². The molecule has 2 rings (SSSR count). The van der Waals surface area contributed by atoms with Crippen molar-refractivity contribution in [3.05, 3.63) is 52.5 Å². The summed E-state index contributed by atoms with van der Waals surface area (Å²) in [6, 6.07) is 11.4. The molecule has 0 saturated heterocycles. The molecule has 0 heterocycles. The zero-order valence-electron chi connectivity index (χ0n) is 15.2. The molecule has 5 nitrogen and oxygen atoms in total. The number of hydrogen-bond donors (Lipinski definition) is 2. The van der Waals surface area contributed by atoms with Crippen LogP contribution in [0.1, 0.15) is 31.4 Å². The first-order valence-electron chi connectivity index (χ1n) is 8.72. The monoisotopic (exact) mass is 376 g/mol. The van der Waals surface area contributed by atoms with E-state index >= 15 is 0 Å². The predicted molar refractivity (Wildman–Crippen MR) is 105 cm³/mol. The van der Waals surface area contributed by atoms with E-state index < -0.39 is 0 Å². The second kappa shape index (κ2) is 9.92. The third kappa shape index (κ3) is 5.85. The minimum absolute atomic E-state index is 0.243. The van der Waals surface area contributed by atoms with E-state index in [1.165, 1.54) is 0 Å². The molecule has 0 radical (unpaired) electrons. The molecular weight excluding hydrogens is 352 g/mol. The average molecular weight is 377 g/mol. The van der Waals surface area contributed by atoms with Gasteiger partial charge in [-0.3, -0.25) is 4.79 Å². The number of nitrogens with one attached hydrogen (secondary N) is 1. The lowest BCUT2D eigenvalue weighted by molar-refractivity contribution is -0.117. The molecule has 0 bridgehead atoms. The molecule has 0 saturated carbocycles. The summed E-state index contributed by atoms with van der Waals surface area (Å²) in [6.07, 6.45) is 1.14. The molecule has 0 aliphatic heterocycles. The summed E-state index contributed by atoms with van der Waals surface area (Å²) >= 11 is 6.38. The number of primary amides is 1. The highest BCUT2D eigenvalue weighted by molar-refractivity contribution is 6.32. The van der Waals surface area contributed by atoms with E-state index in [-0.39, 0.29) is 12.3 Å². The van der Waals surface area contributed by atoms with Crippen LogP contribution < -0.4 is 20.5 Å². The standard InChI is InChI=1S/C20H25ClN2O3/c1-3-9-26-20-17(21)10-15(11-18(20)25-4-2)13-23-16-7-5-14(6-8-16)12-19(22)24/h5-8,10-11,23H,3-4,9,12-13H2,1-2H3,(H2,22,24). The first-order chi connectivity index (χ1) is 12.5. The fraction of sp³-hybridized carbons (Fsp3) is 0.350. The van der Waals surface area contributed by atoms with Crippen LogP contribution in [0.5, 0.6) is 11.5 Å². The van der Waals surface area contributed by atoms with Gasteiger partial charge in [0.1, 0.15) is 0 Å². The maximum Gasteiger partial charge on any atom is 0.221 e. The van der Waals surface area contributed by atoms with Gasteiger partial charge in [-0.25, -0.2) is 0 Å². The number of ether oxygens (including phenoxy) is 2. The van der Waals surface area contributed by atoms with Crippen molar-refractivity contribution in [1.29, 1.82) is 0 Å². The van der Waals surface area contributed by atoms with Crippen LogP contribution in [-0.2, 0) is 17.8 Å². The van der Waals surface area contributed by atoms with Gasteiger partial charge in [-0.2, -0.15) is 0 Å². The second-order valence-corrected chi connectivity index (χ2v) is 6.29. The largest absolute Gasteiger partial charge is 0.490 e. The molecule has 0 aromatic heterocycles. The summed E-state index contributed by atoms with van der Waals surface area (Å²) in [6.45, 7) is 5.69. The van der Waals surface area contributed by atoms with Crippen LogP contribution >= 0.6 is 11.6 Å². The first kappa shape index (κ1) is 19.9. The van der Waals surface area contributed by atoms with E-state index in [1.807, 2.05) is 50.2 Å². The molecule has 1 amide bonds. The normalized spacial score (nSPS) is 10.4. The topological polar surface area (TPSA) is 73.6 Å². The van der Waals surface area contributed by atoms with Crippen molar-refractivity contribution in [3.8, 4) is 11.5 Å². The molecule has 26 heavy (non-hydrogen) atoms. The Labute approximate surface area is 159 Å². The predicted octanol–water partition coefficient (Wildman–Crippen LogP) is 4.17. The Morgan fingerprint density at radius 1 is 1.12 bits per heavy atom. The van der Waals surface area contributed by atoms with E-state index in [0.29, 0.717) is 36.3 Å². The molecule has 0 fully saturated rings. The molecule has 0 atom stereocenters. The number of benzene rings is 2. The maximum absolute atomic E-state index is 10.9. The van der Waals surface area contributed by atoms with Crippen LogP contribution in [0.3, 0.4) is 0 Å². The summed E-state index contributed by atoms with van der Waals surface area (Å²) in [7, 11) is 0. The lowest BCUT2D eigenvalue weighted by Crippen LogP contribution is -2.13. The van der Waals surface area contributed by atoms with Crippen molar-refractivity contribution in [2.45, 2.75) is 33.2 Å². The molecule has 0 spiro atoms. The van der Waals surface area contributed by atoms with Crippen molar-refractivity contribution >= 4 is 23.2 Å². The van der Waals surface area contributed by atoms with Crippen LogP contribution in [0, 0.1) is 0 Å². The van der Waals surface area contributed by atoms with Crippen LogP contribution in [-0.4, -0.2) is 19.1 Å². The summed E-state index contributed by atoms with van der Waals surface area (Å²) in [5.41, 5.74) is 8.03. The third-order valence-electron chi connectivity index (χ3n) is 3.65. The van der Waals surface area contributed by atoms with Crippen molar-refractivity contribution in [2.75, 3.05) is 18.5 Å². The van der Waals surface area contributed by atoms with E-state index in [0.717, 1.165) is 23.2 Å². The van der Waals surface area contributed by atoms with Crippen molar-refractivity contribution in [3.63, 3.8) is 0 Å². The molecule has 2 aromatic rings. The number of halogens is 1. The van der Waals surface area contributed by atoms with E-state index in [1.54, 1.807) is 0 Å². The SMILES string of the molecule is CCCOc1c(Cl)cc(CNc2ccc(CC(N)=O)cc2)cc1OCC. The second-order valence-electron chi connectivity index (χ2n) is 5.88. The lowest BCUT2D eigenvalue weighted by atomic mass is 10.1. The zero-order valence-corrected chi connectivity index (χ0v) is 15.9. The molecule has 3 N–H and O–H groups in total. The minimum atomic E-state index is -0.339. The first-order valence-corrected chi connectivity index (χ1v) is 9.10. The molecule has 0 aliphatic carbocycles. The van der Waals surface area contributed by atoms with Gasteiger partial charge in [0.15, 0.2) is 11.5 Å². The number of nitrogens with two attached hydrogens (primary N) is 1. The number of carbonyl (C=O) groups is 1.